The summed E-state index contributed by atoms with van der Waals surface area (Å²) < 4.78 is 0. The van der Waals surface area contributed by atoms with Crippen LogP contribution in [0.15, 0.2) is 40.6 Å². The van der Waals surface area contributed by atoms with E-state index in [1.165, 1.54) is 12.5 Å². The second-order valence-corrected chi connectivity index (χ2v) is 3.01. The summed E-state index contributed by atoms with van der Waals surface area (Å²) in [4.78, 5) is 25.4. The minimum Gasteiger partial charge on any atom is -0.382 e. The van der Waals surface area contributed by atoms with Gasteiger partial charge in [-0.05, 0) is 6.07 Å². The molecule has 80 valence electrons. The molecule has 0 aliphatic rings. The van der Waals surface area contributed by atoms with Crippen LogP contribution in [0.1, 0.15) is 5.56 Å². The van der Waals surface area contributed by atoms with Crippen LogP contribution in [0.4, 0.5) is 11.5 Å². The zero-order valence-corrected chi connectivity index (χ0v) is 8.29. The number of hydrogen-bond donors (Lipinski definition) is 2. The van der Waals surface area contributed by atoms with E-state index in [2.05, 4.69) is 19.9 Å². The molecular weight excluding hydrogens is 206 g/mol. The van der Waals surface area contributed by atoms with Crippen LogP contribution in [0, 0.1) is 0 Å². The van der Waals surface area contributed by atoms with Crippen LogP contribution >= 0.6 is 0 Å². The molecule has 3 N–H and O–H groups in total. The van der Waals surface area contributed by atoms with Crippen LogP contribution in [0.25, 0.3) is 0 Å². The van der Waals surface area contributed by atoms with Gasteiger partial charge in [0.15, 0.2) is 11.5 Å². The number of pyridine rings is 1. The van der Waals surface area contributed by atoms with E-state index in [-0.39, 0.29) is 17.1 Å². The first-order chi connectivity index (χ1) is 7.77. The van der Waals surface area contributed by atoms with Crippen molar-refractivity contribution in [3.8, 4) is 0 Å². The van der Waals surface area contributed by atoms with Crippen molar-refractivity contribution in [1.29, 1.82) is 0 Å². The molecule has 2 heterocycles. The van der Waals surface area contributed by atoms with Crippen LogP contribution < -0.4 is 11.3 Å². The van der Waals surface area contributed by atoms with E-state index in [1.54, 1.807) is 18.5 Å². The van der Waals surface area contributed by atoms with Gasteiger partial charge in [-0.25, -0.2) is 9.98 Å². The third-order valence-electron chi connectivity index (χ3n) is 1.88. The average molecular weight is 215 g/mol. The van der Waals surface area contributed by atoms with Gasteiger partial charge in [0, 0.05) is 24.2 Å². The molecule has 0 unspecified atom stereocenters. The van der Waals surface area contributed by atoms with Crippen molar-refractivity contribution in [2.24, 2.45) is 4.99 Å². The molecule has 0 saturated heterocycles. The zero-order chi connectivity index (χ0) is 11.4. The largest absolute Gasteiger partial charge is 0.382 e. The number of anilines is 1. The van der Waals surface area contributed by atoms with E-state index in [9.17, 15) is 4.79 Å². The molecule has 0 amide bonds. The number of aromatic nitrogens is 3. The van der Waals surface area contributed by atoms with Gasteiger partial charge in [0.1, 0.15) is 0 Å². The fourth-order valence-electron chi connectivity index (χ4n) is 1.12. The van der Waals surface area contributed by atoms with E-state index < -0.39 is 0 Å². The molecule has 0 spiro atoms. The Morgan fingerprint density at radius 2 is 2.38 bits per heavy atom. The van der Waals surface area contributed by atoms with Gasteiger partial charge in [0.25, 0.3) is 5.56 Å². The number of aliphatic imine (C=N–C) groups is 1. The lowest BCUT2D eigenvalue weighted by Crippen LogP contribution is -2.08. The van der Waals surface area contributed by atoms with Gasteiger partial charge in [0.05, 0.1) is 6.33 Å². The maximum atomic E-state index is 11.4. The Balaban J connectivity index is 2.35. The van der Waals surface area contributed by atoms with Crippen LogP contribution in [-0.2, 0) is 0 Å². The van der Waals surface area contributed by atoms with Crippen LogP contribution in [0.2, 0.25) is 0 Å². The Labute approximate surface area is 90.9 Å². The topological polar surface area (TPSA) is 97.0 Å². The summed E-state index contributed by atoms with van der Waals surface area (Å²) in [6, 6.07) is 3.59. The van der Waals surface area contributed by atoms with Gasteiger partial charge in [0.2, 0.25) is 0 Å². The van der Waals surface area contributed by atoms with Gasteiger partial charge in [-0.2, -0.15) is 0 Å². The fraction of sp³-hybridized carbons (Fsp3) is 0. The molecule has 2 aromatic rings. The third kappa shape index (κ3) is 2.11. The zero-order valence-electron chi connectivity index (χ0n) is 8.29. The molecule has 0 saturated carbocycles. The Bertz CT molecular complexity index is 561. The Kier molecular flexibility index (Phi) is 2.73. The molecule has 0 atom stereocenters. The van der Waals surface area contributed by atoms with Crippen molar-refractivity contribution in [2.75, 3.05) is 5.73 Å². The molecule has 0 aliphatic carbocycles. The molecule has 0 fully saturated rings. The molecule has 6 nitrogen and oxygen atoms in total. The van der Waals surface area contributed by atoms with Gasteiger partial charge >= 0.3 is 0 Å². The second-order valence-electron chi connectivity index (χ2n) is 3.01. The summed E-state index contributed by atoms with van der Waals surface area (Å²) in [6.45, 7) is 0. The smallest absolute Gasteiger partial charge is 0.278 e. The Morgan fingerprint density at radius 1 is 1.50 bits per heavy atom. The summed E-state index contributed by atoms with van der Waals surface area (Å²) in [7, 11) is 0. The van der Waals surface area contributed by atoms with Gasteiger partial charge in [-0.15, -0.1) is 0 Å². The molecular formula is C10H9N5O. The lowest BCUT2D eigenvalue weighted by molar-refractivity contribution is 1.12. The van der Waals surface area contributed by atoms with Crippen molar-refractivity contribution in [1.82, 2.24) is 15.0 Å². The first-order valence-corrected chi connectivity index (χ1v) is 4.54. The molecule has 16 heavy (non-hydrogen) atoms. The van der Waals surface area contributed by atoms with Gasteiger partial charge < -0.3 is 10.7 Å². The molecule has 0 aliphatic heterocycles. The quantitative estimate of drug-likeness (QED) is 0.712. The number of H-pyrrole nitrogens is 1. The molecule has 2 aromatic heterocycles. The second kappa shape index (κ2) is 4.35. The first-order valence-electron chi connectivity index (χ1n) is 4.54. The fourth-order valence-corrected chi connectivity index (χ4v) is 1.12. The first kappa shape index (κ1) is 10.0. The van der Waals surface area contributed by atoms with Crippen molar-refractivity contribution in [3.63, 3.8) is 0 Å². The van der Waals surface area contributed by atoms with Crippen molar-refractivity contribution < 1.29 is 0 Å². The van der Waals surface area contributed by atoms with Crippen molar-refractivity contribution >= 4 is 17.7 Å². The third-order valence-corrected chi connectivity index (χ3v) is 1.88. The highest BCUT2D eigenvalue weighted by Crippen LogP contribution is 2.10. The normalized spacial score (nSPS) is 10.8. The minimum absolute atomic E-state index is 0.101. The molecule has 2 rings (SSSR count). The van der Waals surface area contributed by atoms with E-state index >= 15 is 0 Å². The number of aromatic amines is 1. The average Bonchev–Trinajstić information content (AvgIpc) is 2.30. The van der Waals surface area contributed by atoms with E-state index in [1.807, 2.05) is 6.07 Å². The standard InChI is InChI=1S/C10H9N5O/c11-9-8(10(16)15-6-14-9)13-5-7-2-1-3-12-4-7/h1-6H,(H3,11,14,15,16). The number of nitrogens with two attached hydrogens (primary N) is 1. The van der Waals surface area contributed by atoms with Crippen molar-refractivity contribution in [2.45, 2.75) is 0 Å². The van der Waals surface area contributed by atoms with Crippen molar-refractivity contribution in [3.05, 3.63) is 46.8 Å². The van der Waals surface area contributed by atoms with E-state index in [0.29, 0.717) is 0 Å². The minimum atomic E-state index is -0.368. The summed E-state index contributed by atoms with van der Waals surface area (Å²) in [5.41, 5.74) is 6.04. The Morgan fingerprint density at radius 3 is 3.06 bits per heavy atom. The highest BCUT2D eigenvalue weighted by Gasteiger charge is 2.01. The SMILES string of the molecule is Nc1nc[nH]c(=O)c1N=Cc1cccnc1. The van der Waals surface area contributed by atoms with Crippen LogP contribution in [-0.4, -0.2) is 21.2 Å². The van der Waals surface area contributed by atoms with Gasteiger partial charge in [-0.3, -0.25) is 9.78 Å². The molecule has 0 bridgehead atoms. The number of nitrogens with one attached hydrogen (secondary N) is 1. The van der Waals surface area contributed by atoms with Crippen LogP contribution in [0.5, 0.6) is 0 Å². The van der Waals surface area contributed by atoms with E-state index in [0.717, 1.165) is 5.56 Å². The monoisotopic (exact) mass is 215 g/mol. The summed E-state index contributed by atoms with van der Waals surface area (Å²) in [5.74, 6) is 0.101. The predicted molar refractivity (Wildman–Crippen MR) is 60.8 cm³/mol. The molecule has 6 heteroatoms. The number of rotatable bonds is 2. The highest BCUT2D eigenvalue weighted by atomic mass is 16.1. The van der Waals surface area contributed by atoms with E-state index in [4.69, 9.17) is 5.73 Å². The predicted octanol–water partition coefficient (Wildman–Crippen LogP) is 0.498. The lowest BCUT2D eigenvalue weighted by Gasteiger charge is -1.95. The highest BCUT2D eigenvalue weighted by molar-refractivity contribution is 5.82. The summed E-state index contributed by atoms with van der Waals surface area (Å²) >= 11 is 0. The van der Waals surface area contributed by atoms with Gasteiger partial charge in [-0.1, -0.05) is 6.07 Å². The number of hydrogen-bond acceptors (Lipinski definition) is 5. The number of nitrogens with zero attached hydrogens (tertiary/aromatic N) is 3. The Hall–Kier alpha value is -2.50. The summed E-state index contributed by atoms with van der Waals surface area (Å²) in [5, 5.41) is 0. The molecule has 0 aromatic carbocycles. The molecule has 0 radical (unpaired) electrons. The summed E-state index contributed by atoms with van der Waals surface area (Å²) in [6.07, 6.45) is 6.03. The lowest BCUT2D eigenvalue weighted by atomic mass is 10.3. The maximum absolute atomic E-state index is 11.4. The number of nitrogen functional groups attached to an aromatic ring is 1. The maximum Gasteiger partial charge on any atom is 0.278 e. The van der Waals surface area contributed by atoms with Crippen LogP contribution in [0.3, 0.4) is 0 Å².